The van der Waals surface area contributed by atoms with Crippen LogP contribution in [0, 0.1) is 12.7 Å². The Kier molecular flexibility index (Phi) is 7.06. The summed E-state index contributed by atoms with van der Waals surface area (Å²) in [6.07, 6.45) is 2.40. The molecule has 0 unspecified atom stereocenters. The molecule has 0 saturated heterocycles. The third kappa shape index (κ3) is 4.80. The van der Waals surface area contributed by atoms with Crippen molar-refractivity contribution in [2.75, 3.05) is 17.7 Å². The average molecular weight is 467 g/mol. The second-order valence-corrected chi connectivity index (χ2v) is 8.40. The van der Waals surface area contributed by atoms with E-state index in [4.69, 9.17) is 28.6 Å². The van der Waals surface area contributed by atoms with E-state index >= 15 is 0 Å². The molecule has 2 N–H and O–H groups in total. The number of halogens is 2. The summed E-state index contributed by atoms with van der Waals surface area (Å²) < 4.78 is 20.5. The number of anilines is 2. The number of aryl methyl sites for hydroxylation is 1. The zero-order chi connectivity index (χ0) is 21.8. The lowest BCUT2D eigenvalue weighted by atomic mass is 10.1. The molecule has 2 heterocycles. The van der Waals surface area contributed by atoms with Gasteiger partial charge in [0.1, 0.15) is 10.8 Å². The summed E-state index contributed by atoms with van der Waals surface area (Å²) >= 11 is 12.9. The highest BCUT2D eigenvalue weighted by molar-refractivity contribution is 7.80. The van der Waals surface area contributed by atoms with E-state index in [2.05, 4.69) is 15.7 Å². The summed E-state index contributed by atoms with van der Waals surface area (Å²) in [5, 5.41) is 11.6. The van der Waals surface area contributed by atoms with Crippen molar-refractivity contribution in [2.24, 2.45) is 0 Å². The molecule has 6 nitrogen and oxygen atoms in total. The van der Waals surface area contributed by atoms with Crippen LogP contribution in [0.4, 0.5) is 15.2 Å². The molecule has 10 heteroatoms. The molecule has 0 atom stereocenters. The largest absolute Gasteiger partial charge is 0.465 e. The van der Waals surface area contributed by atoms with Gasteiger partial charge >= 0.3 is 5.97 Å². The number of hydrogen-bond donors (Lipinski definition) is 2. The molecule has 3 rings (SSSR count). The first-order valence-electron chi connectivity index (χ1n) is 9.09. The van der Waals surface area contributed by atoms with Crippen LogP contribution in [0.25, 0.3) is 0 Å². The zero-order valence-corrected chi connectivity index (χ0v) is 19.0. The first kappa shape index (κ1) is 22.2. The third-order valence-electron chi connectivity index (χ3n) is 4.44. The molecule has 0 bridgehead atoms. The average Bonchev–Trinajstić information content (AvgIpc) is 3.27. The number of hydrogen-bond acceptors (Lipinski definition) is 5. The molecule has 0 radical (unpaired) electrons. The number of rotatable bonds is 6. The van der Waals surface area contributed by atoms with Gasteiger partial charge in [0.25, 0.3) is 0 Å². The number of esters is 1. The quantitative estimate of drug-likeness (QED) is 0.382. The van der Waals surface area contributed by atoms with Crippen LogP contribution < -0.4 is 10.6 Å². The predicted molar refractivity (Wildman–Crippen MR) is 122 cm³/mol. The van der Waals surface area contributed by atoms with Gasteiger partial charge in [-0.05, 0) is 43.3 Å². The van der Waals surface area contributed by atoms with Gasteiger partial charge in [-0.3, -0.25) is 4.68 Å². The molecular weight excluding hydrogens is 447 g/mol. The van der Waals surface area contributed by atoms with Crippen LogP contribution in [0.2, 0.25) is 5.02 Å². The fourth-order valence-electron chi connectivity index (χ4n) is 3.02. The topological polar surface area (TPSA) is 68.2 Å². The number of carbonyl (C=O) groups is 1. The normalized spacial score (nSPS) is 10.7. The first-order chi connectivity index (χ1) is 14.3. The number of carbonyl (C=O) groups excluding carboxylic acids is 1. The first-order valence-corrected chi connectivity index (χ1v) is 10.7. The maximum Gasteiger partial charge on any atom is 0.341 e. The summed E-state index contributed by atoms with van der Waals surface area (Å²) in [7, 11) is 1.35. The zero-order valence-electron chi connectivity index (χ0n) is 16.6. The number of nitrogens with zero attached hydrogens (tertiary/aromatic N) is 2. The molecule has 0 spiro atoms. The van der Waals surface area contributed by atoms with Crippen molar-refractivity contribution in [3.05, 3.63) is 62.9 Å². The Morgan fingerprint density at radius 3 is 2.77 bits per heavy atom. The van der Waals surface area contributed by atoms with Crippen molar-refractivity contribution < 1.29 is 13.9 Å². The fourth-order valence-corrected chi connectivity index (χ4v) is 4.65. The van der Waals surface area contributed by atoms with Crippen molar-refractivity contribution >= 4 is 57.1 Å². The number of thiocarbonyl (C=S) groups is 1. The highest BCUT2D eigenvalue weighted by atomic mass is 35.5. The predicted octanol–water partition coefficient (Wildman–Crippen LogP) is 5.25. The second-order valence-electron chi connectivity index (χ2n) is 6.36. The Bertz CT molecular complexity index is 1080. The van der Waals surface area contributed by atoms with Crippen LogP contribution in [0.5, 0.6) is 0 Å². The number of nitrogens with one attached hydrogen (secondary N) is 2. The third-order valence-corrected chi connectivity index (χ3v) is 6.06. The summed E-state index contributed by atoms with van der Waals surface area (Å²) in [6.45, 7) is 4.12. The minimum atomic E-state index is -0.410. The van der Waals surface area contributed by atoms with Gasteiger partial charge in [-0.2, -0.15) is 5.10 Å². The van der Waals surface area contributed by atoms with E-state index in [1.54, 1.807) is 29.1 Å². The molecule has 158 valence electrons. The minimum Gasteiger partial charge on any atom is -0.465 e. The molecule has 0 aliphatic carbocycles. The van der Waals surface area contributed by atoms with Crippen LogP contribution in [-0.4, -0.2) is 28.0 Å². The highest BCUT2D eigenvalue weighted by Gasteiger charge is 2.22. The smallest absolute Gasteiger partial charge is 0.341 e. The SMILES string of the molecule is CCc1c(C)sc(NC(=S)Nc2ccn(Cc3c(F)cccc3Cl)n2)c1C(=O)OC. The molecule has 1 aromatic carbocycles. The van der Waals surface area contributed by atoms with E-state index < -0.39 is 5.97 Å². The van der Waals surface area contributed by atoms with Crippen molar-refractivity contribution in [1.82, 2.24) is 9.78 Å². The Morgan fingerprint density at radius 1 is 1.33 bits per heavy atom. The van der Waals surface area contributed by atoms with Crippen molar-refractivity contribution in [1.29, 1.82) is 0 Å². The van der Waals surface area contributed by atoms with Gasteiger partial charge in [-0.1, -0.05) is 24.6 Å². The molecule has 0 saturated carbocycles. The Morgan fingerprint density at radius 2 is 2.10 bits per heavy atom. The van der Waals surface area contributed by atoms with Gasteiger partial charge in [0.2, 0.25) is 0 Å². The summed E-state index contributed by atoms with van der Waals surface area (Å²) in [4.78, 5) is 13.2. The molecule has 30 heavy (non-hydrogen) atoms. The van der Waals surface area contributed by atoms with E-state index in [-0.39, 0.29) is 17.5 Å². The number of aromatic nitrogens is 2. The van der Waals surface area contributed by atoms with Gasteiger partial charge in [0, 0.05) is 27.7 Å². The van der Waals surface area contributed by atoms with E-state index in [9.17, 15) is 9.18 Å². The van der Waals surface area contributed by atoms with E-state index in [0.717, 1.165) is 10.4 Å². The Balaban J connectivity index is 1.72. The summed E-state index contributed by atoms with van der Waals surface area (Å²) in [6, 6.07) is 6.25. The molecule has 3 aromatic rings. The standard InChI is InChI=1S/C20H20ClFN4O2S2/c1-4-12-11(2)30-18(17(12)19(27)28-3)24-20(29)23-16-8-9-26(25-16)10-13-14(21)6-5-7-15(13)22/h5-9H,4,10H2,1-3H3,(H2,23,24,25,29). The lowest BCUT2D eigenvalue weighted by molar-refractivity contribution is 0.0601. The number of ether oxygens (including phenoxy) is 1. The summed E-state index contributed by atoms with van der Waals surface area (Å²) in [5.74, 6) is -0.323. The Hall–Kier alpha value is -2.49. The molecular formula is C20H20ClFN4O2S2. The van der Waals surface area contributed by atoms with Crippen molar-refractivity contribution in [2.45, 2.75) is 26.8 Å². The van der Waals surface area contributed by atoms with Gasteiger partial charge in [0.05, 0.1) is 19.2 Å². The van der Waals surface area contributed by atoms with Crippen LogP contribution in [0.1, 0.15) is 33.3 Å². The van der Waals surface area contributed by atoms with E-state index in [0.29, 0.717) is 33.4 Å². The van der Waals surface area contributed by atoms with Crippen molar-refractivity contribution in [3.8, 4) is 0 Å². The van der Waals surface area contributed by atoms with Crippen molar-refractivity contribution in [3.63, 3.8) is 0 Å². The fraction of sp³-hybridized carbons (Fsp3) is 0.250. The maximum absolute atomic E-state index is 14.0. The second kappa shape index (κ2) is 9.55. The number of benzene rings is 1. The monoisotopic (exact) mass is 466 g/mol. The van der Waals surface area contributed by atoms with Gasteiger partial charge in [0.15, 0.2) is 10.9 Å². The molecule has 0 amide bonds. The highest BCUT2D eigenvalue weighted by Crippen LogP contribution is 2.34. The molecule has 0 aliphatic heterocycles. The van der Waals surface area contributed by atoms with Crippen LogP contribution in [0.3, 0.4) is 0 Å². The van der Waals surface area contributed by atoms with Gasteiger partial charge in [-0.15, -0.1) is 11.3 Å². The number of thiophene rings is 1. The van der Waals surface area contributed by atoms with E-state index in [1.807, 2.05) is 13.8 Å². The van der Waals surface area contributed by atoms with E-state index in [1.165, 1.54) is 24.5 Å². The van der Waals surface area contributed by atoms with Crippen LogP contribution in [0.15, 0.2) is 30.5 Å². The number of methoxy groups -OCH3 is 1. The molecule has 0 fully saturated rings. The molecule has 0 aliphatic rings. The van der Waals surface area contributed by atoms with Crippen LogP contribution >= 0.6 is 35.2 Å². The van der Waals surface area contributed by atoms with Gasteiger partial charge < -0.3 is 15.4 Å². The Labute approximate surface area is 188 Å². The lowest BCUT2D eigenvalue weighted by Crippen LogP contribution is -2.20. The lowest BCUT2D eigenvalue weighted by Gasteiger charge is -2.09. The maximum atomic E-state index is 14.0. The minimum absolute atomic E-state index is 0.184. The molecule has 2 aromatic heterocycles. The van der Waals surface area contributed by atoms with Crippen LogP contribution in [-0.2, 0) is 17.7 Å². The van der Waals surface area contributed by atoms with Gasteiger partial charge in [-0.25, -0.2) is 9.18 Å². The summed E-state index contributed by atoms with van der Waals surface area (Å²) in [5.41, 5.74) is 1.79.